The van der Waals surface area contributed by atoms with E-state index in [1.165, 1.54) is 25.4 Å². The number of benzene rings is 1. The van der Waals surface area contributed by atoms with Gasteiger partial charge in [0.25, 0.3) is 17.4 Å². The maximum Gasteiger partial charge on any atom is 0.292 e. The van der Waals surface area contributed by atoms with Crippen molar-refractivity contribution < 1.29 is 23.8 Å². The van der Waals surface area contributed by atoms with Gasteiger partial charge in [0.1, 0.15) is 22.4 Å². The number of nitrogens with zero attached hydrogens (tertiary/aromatic N) is 2. The molecular formula is C22H17FN4O5. The Morgan fingerprint density at radius 1 is 1.28 bits per heavy atom. The lowest BCUT2D eigenvalue weighted by atomic mass is 10.0. The summed E-state index contributed by atoms with van der Waals surface area (Å²) in [4.78, 5) is 42.0. The van der Waals surface area contributed by atoms with Gasteiger partial charge in [-0.3, -0.25) is 23.9 Å². The number of ether oxygens (including phenoxy) is 1. The molecule has 4 rings (SSSR count). The second-order valence-electron chi connectivity index (χ2n) is 6.86. The third-order valence-electron chi connectivity index (χ3n) is 4.89. The number of pyridine rings is 2. The molecule has 2 aromatic heterocycles. The first kappa shape index (κ1) is 20.8. The predicted octanol–water partition coefficient (Wildman–Crippen LogP) is 1.64. The van der Waals surface area contributed by atoms with Gasteiger partial charge in [0, 0.05) is 25.2 Å². The van der Waals surface area contributed by atoms with Crippen molar-refractivity contribution in [1.82, 2.24) is 20.2 Å². The van der Waals surface area contributed by atoms with Crippen LogP contribution in [0.15, 0.2) is 53.8 Å². The standard InChI is InChI=1S/C22H17FN4O5/c1-3-25-20(29)14-10-27-17-16(18(28)15(22(27)31)21(30)24-2)26-9-12(19(17)32-14)8-11-4-6-13(23)7-5-11/h3-7,9-10,28H,1,8H2,2H3,(H,24,30)(H,25,29). The number of carbonyl (C=O) groups excluding carboxylic acids is 2. The molecule has 0 saturated carbocycles. The Morgan fingerprint density at radius 3 is 2.66 bits per heavy atom. The Balaban J connectivity index is 1.99. The lowest BCUT2D eigenvalue weighted by molar-refractivity contribution is -0.118. The largest absolute Gasteiger partial charge is 0.505 e. The zero-order valence-corrected chi connectivity index (χ0v) is 16.8. The van der Waals surface area contributed by atoms with Crippen LogP contribution in [0.1, 0.15) is 21.5 Å². The van der Waals surface area contributed by atoms with Crippen LogP contribution in [0.4, 0.5) is 4.39 Å². The Kier molecular flexibility index (Phi) is 5.19. The third-order valence-corrected chi connectivity index (χ3v) is 4.89. The monoisotopic (exact) mass is 436 g/mol. The number of aromatic hydroxyl groups is 1. The van der Waals surface area contributed by atoms with Gasteiger partial charge >= 0.3 is 0 Å². The lowest BCUT2D eigenvalue weighted by Gasteiger charge is -2.22. The van der Waals surface area contributed by atoms with E-state index in [2.05, 4.69) is 22.2 Å². The van der Waals surface area contributed by atoms with Crippen LogP contribution < -0.4 is 20.9 Å². The molecule has 162 valence electrons. The van der Waals surface area contributed by atoms with Crippen LogP contribution in [0.3, 0.4) is 0 Å². The normalized spacial score (nSPS) is 12.0. The maximum atomic E-state index is 13.3. The zero-order chi connectivity index (χ0) is 23.0. The molecule has 0 bridgehead atoms. The van der Waals surface area contributed by atoms with Crippen molar-refractivity contribution in [3.63, 3.8) is 0 Å². The predicted molar refractivity (Wildman–Crippen MR) is 114 cm³/mol. The minimum atomic E-state index is -0.858. The third kappa shape index (κ3) is 3.37. The molecule has 3 heterocycles. The Bertz CT molecular complexity index is 1380. The highest BCUT2D eigenvalue weighted by Crippen LogP contribution is 2.38. The van der Waals surface area contributed by atoms with Gasteiger partial charge in [-0.15, -0.1) is 0 Å². The minimum absolute atomic E-state index is 0.0551. The molecule has 0 radical (unpaired) electrons. The summed E-state index contributed by atoms with van der Waals surface area (Å²) in [5.74, 6) is -2.62. The smallest absolute Gasteiger partial charge is 0.292 e. The van der Waals surface area contributed by atoms with Gasteiger partial charge in [0.2, 0.25) is 5.76 Å². The van der Waals surface area contributed by atoms with E-state index in [-0.39, 0.29) is 29.0 Å². The molecule has 1 aliphatic rings. The second kappa shape index (κ2) is 7.99. The van der Waals surface area contributed by atoms with E-state index in [0.717, 1.165) is 22.5 Å². The SMILES string of the molecule is C=CNC(=O)C1=Cn2c(=O)c(C(=O)NC)c(O)c3ncc(Cc4ccc(F)cc4)c(c32)O1. The number of carbonyl (C=O) groups is 2. The number of hydrogen-bond donors (Lipinski definition) is 3. The van der Waals surface area contributed by atoms with Crippen LogP contribution >= 0.6 is 0 Å². The number of aromatic nitrogens is 2. The lowest BCUT2D eigenvalue weighted by Crippen LogP contribution is -2.33. The van der Waals surface area contributed by atoms with Gasteiger partial charge in [0.05, 0.1) is 6.20 Å². The van der Waals surface area contributed by atoms with Crippen molar-refractivity contribution in [3.8, 4) is 11.5 Å². The van der Waals surface area contributed by atoms with Crippen LogP contribution in [0.25, 0.3) is 17.2 Å². The summed E-state index contributed by atoms with van der Waals surface area (Å²) in [5, 5.41) is 15.3. The Hall–Kier alpha value is -4.47. The average Bonchev–Trinajstić information content (AvgIpc) is 2.79. The summed E-state index contributed by atoms with van der Waals surface area (Å²) in [6, 6.07) is 5.76. The Morgan fingerprint density at radius 2 is 2.00 bits per heavy atom. The van der Waals surface area contributed by atoms with Crippen molar-refractivity contribution in [3.05, 3.63) is 81.9 Å². The highest BCUT2D eigenvalue weighted by atomic mass is 19.1. The molecule has 0 fully saturated rings. The average molecular weight is 436 g/mol. The summed E-state index contributed by atoms with van der Waals surface area (Å²) in [6.07, 6.45) is 3.91. The molecule has 1 aliphatic heterocycles. The van der Waals surface area contributed by atoms with Gasteiger partial charge in [-0.05, 0) is 23.9 Å². The van der Waals surface area contributed by atoms with Crippen LogP contribution in [0.5, 0.6) is 11.5 Å². The number of rotatable bonds is 5. The molecular weight excluding hydrogens is 419 g/mol. The van der Waals surface area contributed by atoms with Gasteiger partial charge in [0.15, 0.2) is 11.5 Å². The summed E-state index contributed by atoms with van der Waals surface area (Å²) in [7, 11) is 1.31. The first-order valence-corrected chi connectivity index (χ1v) is 9.42. The van der Waals surface area contributed by atoms with Crippen molar-refractivity contribution in [2.45, 2.75) is 6.42 Å². The summed E-state index contributed by atoms with van der Waals surface area (Å²) in [5.41, 5.74) is -0.147. The van der Waals surface area contributed by atoms with Crippen LogP contribution in [-0.2, 0) is 11.2 Å². The fourth-order valence-corrected chi connectivity index (χ4v) is 3.40. The molecule has 0 unspecified atom stereocenters. The number of nitrogens with one attached hydrogen (secondary N) is 2. The molecule has 3 aromatic rings. The molecule has 10 heteroatoms. The number of amides is 2. The van der Waals surface area contributed by atoms with Gasteiger partial charge in [-0.25, -0.2) is 4.39 Å². The summed E-state index contributed by atoms with van der Waals surface area (Å²) in [6.45, 7) is 3.43. The highest BCUT2D eigenvalue weighted by molar-refractivity contribution is 6.04. The van der Waals surface area contributed by atoms with Crippen LogP contribution in [0.2, 0.25) is 0 Å². The van der Waals surface area contributed by atoms with E-state index >= 15 is 0 Å². The summed E-state index contributed by atoms with van der Waals surface area (Å²) >= 11 is 0. The fourth-order valence-electron chi connectivity index (χ4n) is 3.40. The fraction of sp³-hybridized carbons (Fsp3) is 0.0909. The molecule has 0 aliphatic carbocycles. The minimum Gasteiger partial charge on any atom is -0.505 e. The molecule has 0 spiro atoms. The van der Waals surface area contributed by atoms with E-state index in [1.54, 1.807) is 12.1 Å². The van der Waals surface area contributed by atoms with E-state index < -0.39 is 34.5 Å². The van der Waals surface area contributed by atoms with Gasteiger partial charge < -0.3 is 20.5 Å². The van der Waals surface area contributed by atoms with Crippen molar-refractivity contribution in [2.75, 3.05) is 7.05 Å². The topological polar surface area (TPSA) is 123 Å². The van der Waals surface area contributed by atoms with Crippen molar-refractivity contribution >= 4 is 29.0 Å². The van der Waals surface area contributed by atoms with E-state index in [4.69, 9.17) is 4.74 Å². The first-order valence-electron chi connectivity index (χ1n) is 9.42. The molecule has 3 N–H and O–H groups in total. The molecule has 2 amide bonds. The van der Waals surface area contributed by atoms with E-state index in [1.807, 2.05) is 0 Å². The quantitative estimate of drug-likeness (QED) is 0.559. The summed E-state index contributed by atoms with van der Waals surface area (Å²) < 4.78 is 20.1. The first-order chi connectivity index (χ1) is 15.3. The molecule has 32 heavy (non-hydrogen) atoms. The second-order valence-corrected chi connectivity index (χ2v) is 6.86. The van der Waals surface area contributed by atoms with E-state index in [9.17, 15) is 23.9 Å². The van der Waals surface area contributed by atoms with Crippen molar-refractivity contribution in [1.29, 1.82) is 0 Å². The van der Waals surface area contributed by atoms with Crippen LogP contribution in [-0.4, -0.2) is 33.5 Å². The highest BCUT2D eigenvalue weighted by Gasteiger charge is 2.30. The zero-order valence-electron chi connectivity index (χ0n) is 16.8. The maximum absolute atomic E-state index is 13.3. The number of hydrogen-bond acceptors (Lipinski definition) is 6. The molecule has 1 aromatic carbocycles. The van der Waals surface area contributed by atoms with Crippen molar-refractivity contribution in [2.24, 2.45) is 0 Å². The molecule has 0 atom stereocenters. The molecule has 0 saturated heterocycles. The van der Waals surface area contributed by atoms with Gasteiger partial charge in [-0.2, -0.15) is 0 Å². The Labute approximate surface area is 180 Å². The van der Waals surface area contributed by atoms with Crippen LogP contribution in [0, 0.1) is 5.82 Å². The number of halogens is 1. The van der Waals surface area contributed by atoms with E-state index in [0.29, 0.717) is 5.56 Å². The molecule has 9 nitrogen and oxygen atoms in total. The van der Waals surface area contributed by atoms with Gasteiger partial charge in [-0.1, -0.05) is 18.7 Å².